The number of carboxylic acids is 1. The zero-order valence-electron chi connectivity index (χ0n) is 15.0. The monoisotopic (exact) mass is 369 g/mol. The van der Waals surface area contributed by atoms with Gasteiger partial charge in [0.2, 0.25) is 5.95 Å². The van der Waals surface area contributed by atoms with Crippen LogP contribution in [0.2, 0.25) is 0 Å². The quantitative estimate of drug-likeness (QED) is 0.684. The molecular weight excluding hydrogens is 346 g/mol. The lowest BCUT2D eigenvalue weighted by molar-refractivity contribution is -0.134. The van der Waals surface area contributed by atoms with Crippen molar-refractivity contribution in [3.8, 4) is 0 Å². The van der Waals surface area contributed by atoms with Gasteiger partial charge in [0.1, 0.15) is 12.4 Å². The van der Waals surface area contributed by atoms with Crippen molar-refractivity contribution in [3.05, 3.63) is 36.0 Å². The standard InChI is InChI=1S/C19H23N5O3/c25-18(26)12-20-19-22-16(13-1-2-13)11-17(23-19)21-14-3-5-15(6-4-14)24-7-9-27-10-8-24/h3-6,11,13H,1-2,7-10,12H2,(H,25,26)(H2,20,21,22,23). The predicted molar refractivity (Wildman–Crippen MR) is 103 cm³/mol. The molecule has 0 bridgehead atoms. The van der Waals surface area contributed by atoms with Gasteiger partial charge in [-0.05, 0) is 37.1 Å². The van der Waals surface area contributed by atoms with Gasteiger partial charge in [-0.25, -0.2) is 4.98 Å². The average Bonchev–Trinajstić information content (AvgIpc) is 3.53. The Morgan fingerprint density at radius 1 is 1.19 bits per heavy atom. The molecule has 1 aliphatic carbocycles. The summed E-state index contributed by atoms with van der Waals surface area (Å²) in [4.78, 5) is 21.9. The molecule has 1 saturated carbocycles. The second-order valence-electron chi connectivity index (χ2n) is 6.79. The summed E-state index contributed by atoms with van der Waals surface area (Å²) in [6.45, 7) is 3.12. The lowest BCUT2D eigenvalue weighted by atomic mass is 10.2. The molecule has 8 nitrogen and oxygen atoms in total. The second-order valence-corrected chi connectivity index (χ2v) is 6.79. The Labute approximate surface area is 157 Å². The van der Waals surface area contributed by atoms with Gasteiger partial charge in [0.25, 0.3) is 0 Å². The van der Waals surface area contributed by atoms with E-state index in [4.69, 9.17) is 9.84 Å². The summed E-state index contributed by atoms with van der Waals surface area (Å²) in [5.41, 5.74) is 3.05. The van der Waals surface area contributed by atoms with Crippen molar-refractivity contribution in [2.24, 2.45) is 0 Å². The molecule has 2 aromatic rings. The first-order chi connectivity index (χ1) is 13.2. The molecule has 0 atom stereocenters. The minimum atomic E-state index is -0.941. The van der Waals surface area contributed by atoms with Crippen molar-refractivity contribution in [2.75, 3.05) is 48.4 Å². The number of anilines is 4. The van der Waals surface area contributed by atoms with Crippen LogP contribution < -0.4 is 15.5 Å². The minimum absolute atomic E-state index is 0.207. The predicted octanol–water partition coefficient (Wildman–Crippen LogP) is 2.43. The fraction of sp³-hybridized carbons (Fsp3) is 0.421. The van der Waals surface area contributed by atoms with Crippen LogP contribution in [0.5, 0.6) is 0 Å². The van der Waals surface area contributed by atoms with Gasteiger partial charge in [-0.1, -0.05) is 0 Å². The highest BCUT2D eigenvalue weighted by molar-refractivity contribution is 5.72. The van der Waals surface area contributed by atoms with Crippen LogP contribution in [0, 0.1) is 0 Å². The zero-order valence-corrected chi connectivity index (χ0v) is 15.0. The molecule has 0 radical (unpaired) electrons. The highest BCUT2D eigenvalue weighted by Crippen LogP contribution is 2.40. The van der Waals surface area contributed by atoms with Crippen molar-refractivity contribution < 1.29 is 14.6 Å². The Balaban J connectivity index is 1.48. The van der Waals surface area contributed by atoms with E-state index >= 15 is 0 Å². The van der Waals surface area contributed by atoms with Gasteiger partial charge in [-0.15, -0.1) is 0 Å². The van der Waals surface area contributed by atoms with E-state index in [-0.39, 0.29) is 6.54 Å². The summed E-state index contributed by atoms with van der Waals surface area (Å²) < 4.78 is 5.39. The van der Waals surface area contributed by atoms with E-state index in [1.54, 1.807) is 0 Å². The molecule has 27 heavy (non-hydrogen) atoms. The third-order valence-corrected chi connectivity index (χ3v) is 4.66. The number of ether oxygens (including phenoxy) is 1. The number of carbonyl (C=O) groups is 1. The summed E-state index contributed by atoms with van der Waals surface area (Å²) in [6, 6.07) is 10.2. The van der Waals surface area contributed by atoms with Crippen LogP contribution in [0.4, 0.5) is 23.1 Å². The van der Waals surface area contributed by atoms with Crippen LogP contribution in [0.25, 0.3) is 0 Å². The molecule has 1 saturated heterocycles. The largest absolute Gasteiger partial charge is 0.480 e. The van der Waals surface area contributed by atoms with Crippen LogP contribution in [-0.4, -0.2) is 53.9 Å². The summed E-state index contributed by atoms with van der Waals surface area (Å²) in [6.07, 6.45) is 2.23. The molecule has 142 valence electrons. The number of carboxylic acid groups (broad SMARTS) is 1. The number of benzene rings is 1. The van der Waals surface area contributed by atoms with E-state index in [0.717, 1.165) is 50.5 Å². The fourth-order valence-corrected chi connectivity index (χ4v) is 3.08. The zero-order chi connectivity index (χ0) is 18.6. The first kappa shape index (κ1) is 17.5. The van der Waals surface area contributed by atoms with E-state index in [1.165, 1.54) is 5.69 Å². The first-order valence-corrected chi connectivity index (χ1v) is 9.22. The second kappa shape index (κ2) is 7.79. The van der Waals surface area contributed by atoms with E-state index in [2.05, 4.69) is 37.6 Å². The van der Waals surface area contributed by atoms with Gasteiger partial charge >= 0.3 is 5.97 Å². The number of aliphatic carboxylic acids is 1. The van der Waals surface area contributed by atoms with Crippen molar-refractivity contribution in [1.82, 2.24) is 9.97 Å². The maximum Gasteiger partial charge on any atom is 0.322 e. The molecule has 3 N–H and O–H groups in total. The van der Waals surface area contributed by atoms with E-state index in [1.807, 2.05) is 18.2 Å². The Bertz CT molecular complexity index is 801. The molecular formula is C19H23N5O3. The van der Waals surface area contributed by atoms with Crippen molar-refractivity contribution in [2.45, 2.75) is 18.8 Å². The summed E-state index contributed by atoms with van der Waals surface area (Å²) in [5.74, 6) is 0.513. The van der Waals surface area contributed by atoms with E-state index in [9.17, 15) is 4.79 Å². The number of nitrogens with zero attached hydrogens (tertiary/aromatic N) is 3. The molecule has 2 fully saturated rings. The fourth-order valence-electron chi connectivity index (χ4n) is 3.08. The average molecular weight is 369 g/mol. The third kappa shape index (κ3) is 4.65. The SMILES string of the molecule is O=C(O)CNc1nc(Nc2ccc(N3CCOCC3)cc2)cc(C2CC2)n1. The lowest BCUT2D eigenvalue weighted by Gasteiger charge is -2.28. The number of nitrogens with one attached hydrogen (secondary N) is 2. The van der Waals surface area contributed by atoms with Crippen molar-refractivity contribution in [1.29, 1.82) is 0 Å². The van der Waals surface area contributed by atoms with Crippen molar-refractivity contribution >= 4 is 29.1 Å². The Kier molecular flexibility index (Phi) is 5.06. The van der Waals surface area contributed by atoms with Gasteiger partial charge in [0.15, 0.2) is 0 Å². The molecule has 1 aliphatic heterocycles. The van der Waals surface area contributed by atoms with E-state index in [0.29, 0.717) is 17.7 Å². The smallest absolute Gasteiger partial charge is 0.322 e. The molecule has 2 heterocycles. The normalized spacial score (nSPS) is 16.8. The first-order valence-electron chi connectivity index (χ1n) is 9.22. The molecule has 0 unspecified atom stereocenters. The maximum absolute atomic E-state index is 10.8. The van der Waals surface area contributed by atoms with E-state index < -0.39 is 5.97 Å². The Hall–Kier alpha value is -2.87. The Morgan fingerprint density at radius 3 is 2.59 bits per heavy atom. The number of rotatable bonds is 7. The van der Waals surface area contributed by atoms with Crippen LogP contribution >= 0.6 is 0 Å². The maximum atomic E-state index is 10.8. The third-order valence-electron chi connectivity index (χ3n) is 4.66. The number of hydrogen-bond donors (Lipinski definition) is 3. The van der Waals surface area contributed by atoms with Crippen LogP contribution in [-0.2, 0) is 9.53 Å². The van der Waals surface area contributed by atoms with Crippen molar-refractivity contribution in [3.63, 3.8) is 0 Å². The van der Waals surface area contributed by atoms with Crippen LogP contribution in [0.3, 0.4) is 0 Å². The van der Waals surface area contributed by atoms with Gasteiger partial charge in [-0.2, -0.15) is 4.98 Å². The molecule has 2 aliphatic rings. The van der Waals surface area contributed by atoms with Gasteiger partial charge in [0.05, 0.1) is 18.9 Å². The summed E-state index contributed by atoms with van der Waals surface area (Å²) in [7, 11) is 0. The van der Waals surface area contributed by atoms with Gasteiger partial charge < -0.3 is 25.4 Å². The molecule has 8 heteroatoms. The topological polar surface area (TPSA) is 99.6 Å². The number of hydrogen-bond acceptors (Lipinski definition) is 7. The van der Waals surface area contributed by atoms with Crippen LogP contribution in [0.15, 0.2) is 30.3 Å². The highest BCUT2D eigenvalue weighted by Gasteiger charge is 2.26. The molecule has 0 amide bonds. The minimum Gasteiger partial charge on any atom is -0.480 e. The highest BCUT2D eigenvalue weighted by atomic mass is 16.5. The molecule has 4 rings (SSSR count). The van der Waals surface area contributed by atoms with Gasteiger partial charge in [0, 0.05) is 36.4 Å². The molecule has 1 aromatic carbocycles. The number of aromatic nitrogens is 2. The molecule has 0 spiro atoms. The Morgan fingerprint density at radius 2 is 1.93 bits per heavy atom. The lowest BCUT2D eigenvalue weighted by Crippen LogP contribution is -2.36. The van der Waals surface area contributed by atoms with Gasteiger partial charge in [-0.3, -0.25) is 4.79 Å². The number of morpholine rings is 1. The summed E-state index contributed by atoms with van der Waals surface area (Å²) >= 11 is 0. The molecule has 1 aromatic heterocycles. The van der Waals surface area contributed by atoms with Crippen LogP contribution in [0.1, 0.15) is 24.5 Å². The summed E-state index contributed by atoms with van der Waals surface area (Å²) in [5, 5.41) is 14.9.